The molecule has 0 aliphatic carbocycles. The van der Waals surface area contributed by atoms with Crippen LogP contribution in [0.3, 0.4) is 0 Å². The molecule has 1 saturated heterocycles. The Morgan fingerprint density at radius 2 is 1.73 bits per heavy atom. The van der Waals surface area contributed by atoms with Gasteiger partial charge in [-0.15, -0.1) is 0 Å². The van der Waals surface area contributed by atoms with Crippen molar-refractivity contribution in [2.45, 2.75) is 12.7 Å². The Hall–Kier alpha value is -2.94. The van der Waals surface area contributed by atoms with Crippen molar-refractivity contribution in [2.75, 3.05) is 32.7 Å². The van der Waals surface area contributed by atoms with E-state index in [9.17, 15) is 22.4 Å². The lowest BCUT2D eigenvalue weighted by Crippen LogP contribution is -2.49. The summed E-state index contributed by atoms with van der Waals surface area (Å²) in [5.41, 5.74) is 0.221. The van der Waals surface area contributed by atoms with E-state index in [0.717, 1.165) is 11.6 Å². The summed E-state index contributed by atoms with van der Waals surface area (Å²) in [5.74, 6) is -0.925. The van der Waals surface area contributed by atoms with E-state index in [-0.39, 0.29) is 11.4 Å². The van der Waals surface area contributed by atoms with Gasteiger partial charge in [0.1, 0.15) is 5.82 Å². The maximum absolute atomic E-state index is 13.3. The lowest BCUT2D eigenvalue weighted by molar-refractivity contribution is -0.138. The minimum Gasteiger partial charge on any atom is -0.336 e. The number of fused-ring (bicyclic) bond motifs is 1. The standard InChI is InChI=1S/C21H20F4N4O/c22-15-5-6-19-18(13-15)26-14-29(19)12-9-27-7-10-28(11-8-27)20(30)16-3-1-2-4-17(16)21(23,24)25/h1-6,13-14H,7-12H2. The van der Waals surface area contributed by atoms with Crippen LogP contribution in [-0.2, 0) is 12.7 Å². The van der Waals surface area contributed by atoms with Crippen molar-refractivity contribution in [3.63, 3.8) is 0 Å². The van der Waals surface area contributed by atoms with E-state index in [1.165, 1.54) is 35.2 Å². The SMILES string of the molecule is O=C(c1ccccc1C(F)(F)F)N1CCN(CCn2cnc3cc(F)ccc32)CC1. The molecule has 30 heavy (non-hydrogen) atoms. The van der Waals surface area contributed by atoms with Crippen LogP contribution in [0.4, 0.5) is 17.6 Å². The fourth-order valence-electron chi connectivity index (χ4n) is 3.73. The first kappa shape index (κ1) is 20.3. The summed E-state index contributed by atoms with van der Waals surface area (Å²) >= 11 is 0. The number of benzene rings is 2. The van der Waals surface area contributed by atoms with Gasteiger partial charge in [-0.1, -0.05) is 12.1 Å². The van der Waals surface area contributed by atoms with E-state index in [4.69, 9.17) is 0 Å². The normalized spacial score (nSPS) is 15.7. The number of carbonyl (C=O) groups excluding carboxylic acids is 1. The molecule has 0 unspecified atom stereocenters. The molecule has 2 heterocycles. The van der Waals surface area contributed by atoms with Crippen LogP contribution in [-0.4, -0.2) is 58.0 Å². The highest BCUT2D eigenvalue weighted by Gasteiger charge is 2.36. The molecular formula is C21H20F4N4O. The second-order valence-electron chi connectivity index (χ2n) is 7.25. The molecule has 2 aromatic carbocycles. The van der Waals surface area contributed by atoms with Crippen LogP contribution in [0.1, 0.15) is 15.9 Å². The summed E-state index contributed by atoms with van der Waals surface area (Å²) in [6.07, 6.45) is -2.90. The molecule has 9 heteroatoms. The van der Waals surface area contributed by atoms with Gasteiger partial charge in [-0.05, 0) is 24.3 Å². The summed E-state index contributed by atoms with van der Waals surface area (Å²) in [5, 5.41) is 0. The number of hydrogen-bond donors (Lipinski definition) is 0. The summed E-state index contributed by atoms with van der Waals surface area (Å²) in [7, 11) is 0. The summed E-state index contributed by atoms with van der Waals surface area (Å²) in [4.78, 5) is 20.5. The van der Waals surface area contributed by atoms with Crippen molar-refractivity contribution in [2.24, 2.45) is 0 Å². The average molecular weight is 420 g/mol. The number of alkyl halides is 3. The maximum Gasteiger partial charge on any atom is 0.417 e. The van der Waals surface area contributed by atoms with E-state index in [1.807, 2.05) is 4.57 Å². The van der Waals surface area contributed by atoms with Gasteiger partial charge in [-0.3, -0.25) is 9.69 Å². The molecule has 1 aliphatic heterocycles. The van der Waals surface area contributed by atoms with E-state index < -0.39 is 17.6 Å². The third-order valence-corrected chi connectivity index (χ3v) is 5.36. The number of rotatable bonds is 4. The van der Waals surface area contributed by atoms with Gasteiger partial charge < -0.3 is 9.47 Å². The number of hydrogen-bond acceptors (Lipinski definition) is 3. The second-order valence-corrected chi connectivity index (χ2v) is 7.25. The first-order chi connectivity index (χ1) is 14.3. The summed E-state index contributed by atoms with van der Waals surface area (Å²) in [6.45, 7) is 3.21. The number of halogens is 4. The van der Waals surface area contributed by atoms with Crippen LogP contribution >= 0.6 is 0 Å². The topological polar surface area (TPSA) is 41.4 Å². The number of nitrogens with zero attached hydrogens (tertiary/aromatic N) is 4. The Bertz CT molecular complexity index is 1050. The Kier molecular flexibility index (Phi) is 5.46. The van der Waals surface area contributed by atoms with Gasteiger partial charge in [0.25, 0.3) is 5.91 Å². The van der Waals surface area contributed by atoms with Crippen molar-refractivity contribution in [1.29, 1.82) is 0 Å². The molecule has 3 aromatic rings. The largest absolute Gasteiger partial charge is 0.417 e. The zero-order chi connectivity index (χ0) is 21.3. The molecular weight excluding hydrogens is 400 g/mol. The minimum absolute atomic E-state index is 0.310. The first-order valence-corrected chi connectivity index (χ1v) is 9.61. The van der Waals surface area contributed by atoms with Gasteiger partial charge in [0.05, 0.1) is 28.5 Å². The summed E-state index contributed by atoms with van der Waals surface area (Å²) in [6, 6.07) is 9.35. The third-order valence-electron chi connectivity index (χ3n) is 5.36. The van der Waals surface area contributed by atoms with E-state index in [1.54, 1.807) is 12.4 Å². The Balaban J connectivity index is 1.36. The van der Waals surface area contributed by atoms with Crippen molar-refractivity contribution < 1.29 is 22.4 Å². The van der Waals surface area contributed by atoms with Gasteiger partial charge in [0.2, 0.25) is 0 Å². The number of aromatic nitrogens is 2. The molecule has 1 aliphatic rings. The fraction of sp³-hybridized carbons (Fsp3) is 0.333. The van der Waals surface area contributed by atoms with Gasteiger partial charge in [-0.25, -0.2) is 9.37 Å². The lowest BCUT2D eigenvalue weighted by Gasteiger charge is -2.35. The van der Waals surface area contributed by atoms with E-state index in [2.05, 4.69) is 9.88 Å². The van der Waals surface area contributed by atoms with Crippen molar-refractivity contribution in [3.8, 4) is 0 Å². The van der Waals surface area contributed by atoms with Crippen LogP contribution in [0.25, 0.3) is 11.0 Å². The van der Waals surface area contributed by atoms with Gasteiger partial charge >= 0.3 is 6.18 Å². The average Bonchev–Trinajstić information content (AvgIpc) is 3.13. The van der Waals surface area contributed by atoms with E-state index >= 15 is 0 Å². The Labute approximate surface area is 170 Å². The van der Waals surface area contributed by atoms with Crippen molar-refractivity contribution >= 4 is 16.9 Å². The molecule has 1 amide bonds. The van der Waals surface area contributed by atoms with Crippen LogP contribution in [0.15, 0.2) is 48.8 Å². The van der Waals surface area contributed by atoms with Crippen molar-refractivity contribution in [3.05, 3.63) is 65.7 Å². The molecule has 0 N–H and O–H groups in total. The summed E-state index contributed by atoms with van der Waals surface area (Å²) < 4.78 is 54.8. The highest BCUT2D eigenvalue weighted by atomic mass is 19.4. The predicted molar refractivity (Wildman–Crippen MR) is 103 cm³/mol. The number of carbonyl (C=O) groups is 1. The zero-order valence-corrected chi connectivity index (χ0v) is 16.1. The Morgan fingerprint density at radius 1 is 1.00 bits per heavy atom. The molecule has 1 aromatic heterocycles. The van der Waals surface area contributed by atoms with E-state index in [0.29, 0.717) is 44.8 Å². The first-order valence-electron chi connectivity index (χ1n) is 9.61. The number of amides is 1. The molecule has 5 nitrogen and oxygen atoms in total. The van der Waals surface area contributed by atoms with Crippen LogP contribution in [0.5, 0.6) is 0 Å². The van der Waals surface area contributed by atoms with Crippen molar-refractivity contribution in [1.82, 2.24) is 19.4 Å². The number of imidazole rings is 1. The molecule has 0 radical (unpaired) electrons. The second kappa shape index (κ2) is 8.06. The number of piperazine rings is 1. The molecule has 4 rings (SSSR count). The van der Waals surface area contributed by atoms with Gasteiger partial charge in [-0.2, -0.15) is 13.2 Å². The van der Waals surface area contributed by atoms with Gasteiger partial charge in [0, 0.05) is 45.3 Å². The molecule has 0 bridgehead atoms. The molecule has 0 spiro atoms. The third kappa shape index (κ3) is 4.16. The molecule has 1 fully saturated rings. The highest BCUT2D eigenvalue weighted by molar-refractivity contribution is 5.96. The Morgan fingerprint density at radius 3 is 2.47 bits per heavy atom. The smallest absolute Gasteiger partial charge is 0.336 e. The molecule has 158 valence electrons. The fourth-order valence-corrected chi connectivity index (χ4v) is 3.73. The predicted octanol–water partition coefficient (Wildman–Crippen LogP) is 3.65. The highest BCUT2D eigenvalue weighted by Crippen LogP contribution is 2.32. The molecule has 0 saturated carbocycles. The van der Waals surface area contributed by atoms with Crippen LogP contribution < -0.4 is 0 Å². The molecule has 0 atom stereocenters. The van der Waals surface area contributed by atoms with Crippen LogP contribution in [0, 0.1) is 5.82 Å². The zero-order valence-electron chi connectivity index (χ0n) is 16.1. The maximum atomic E-state index is 13.3. The lowest BCUT2D eigenvalue weighted by atomic mass is 10.1. The van der Waals surface area contributed by atoms with Gasteiger partial charge in [0.15, 0.2) is 0 Å². The van der Waals surface area contributed by atoms with Crippen LogP contribution in [0.2, 0.25) is 0 Å². The monoisotopic (exact) mass is 420 g/mol. The quantitative estimate of drug-likeness (QED) is 0.605. The minimum atomic E-state index is -4.56.